The molecule has 0 aliphatic carbocycles. The van der Waals surface area contributed by atoms with Crippen molar-refractivity contribution in [3.63, 3.8) is 0 Å². The van der Waals surface area contributed by atoms with Gasteiger partial charge in [-0.2, -0.15) is 0 Å². The number of oxazole rings is 1. The Balaban J connectivity index is 2.33. The lowest BCUT2D eigenvalue weighted by molar-refractivity contribution is -0.384. The summed E-state index contributed by atoms with van der Waals surface area (Å²) in [6.45, 7) is 3.46. The predicted octanol–water partition coefficient (Wildman–Crippen LogP) is 3.97. The molecule has 0 fully saturated rings. The fraction of sp³-hybridized carbons (Fsp3) is 0.250. The van der Waals surface area contributed by atoms with Crippen LogP contribution in [0.15, 0.2) is 27.2 Å². The molecule has 1 aromatic carbocycles. The molecule has 6 nitrogen and oxygen atoms in total. The second-order valence-corrected chi connectivity index (χ2v) is 5.07. The Kier molecular flexibility index (Phi) is 4.03. The maximum atomic E-state index is 13.5. The van der Waals surface area contributed by atoms with Gasteiger partial charge in [0.25, 0.3) is 5.69 Å². The summed E-state index contributed by atoms with van der Waals surface area (Å²) in [5, 5.41) is 13.8. The van der Waals surface area contributed by atoms with Crippen molar-refractivity contribution in [2.24, 2.45) is 0 Å². The Bertz CT molecular complexity index is 659. The van der Waals surface area contributed by atoms with Gasteiger partial charge in [0.05, 0.1) is 15.6 Å². The van der Waals surface area contributed by atoms with E-state index in [1.807, 2.05) is 0 Å². The van der Waals surface area contributed by atoms with Crippen molar-refractivity contribution in [1.82, 2.24) is 4.98 Å². The van der Waals surface area contributed by atoms with Crippen molar-refractivity contribution >= 4 is 27.3 Å². The van der Waals surface area contributed by atoms with E-state index in [4.69, 9.17) is 4.42 Å². The zero-order chi connectivity index (χ0) is 14.9. The molecule has 106 valence electrons. The Morgan fingerprint density at radius 2 is 2.25 bits per heavy atom. The molecule has 0 saturated carbocycles. The molecule has 1 atom stereocenters. The van der Waals surface area contributed by atoms with E-state index in [9.17, 15) is 14.5 Å². The highest BCUT2D eigenvalue weighted by molar-refractivity contribution is 9.10. The molecule has 1 N–H and O–H groups in total. The average Bonchev–Trinajstić information content (AvgIpc) is 2.80. The van der Waals surface area contributed by atoms with Gasteiger partial charge in [0.2, 0.25) is 5.89 Å². The van der Waals surface area contributed by atoms with E-state index in [-0.39, 0.29) is 15.8 Å². The standard InChI is InChI=1S/C12H11BrFN3O3/c1-6-5-15-12(20-6)7(2)16-10-4-9(14)8(13)3-11(10)17(18)19/h3-5,7,16H,1-2H3. The molecule has 0 saturated heterocycles. The van der Waals surface area contributed by atoms with Crippen molar-refractivity contribution in [3.05, 3.63) is 50.4 Å². The van der Waals surface area contributed by atoms with Gasteiger partial charge in [0.1, 0.15) is 23.3 Å². The summed E-state index contributed by atoms with van der Waals surface area (Å²) >= 11 is 2.92. The highest BCUT2D eigenvalue weighted by Gasteiger charge is 2.21. The number of nitro groups is 1. The van der Waals surface area contributed by atoms with Crippen LogP contribution < -0.4 is 5.32 Å². The van der Waals surface area contributed by atoms with Gasteiger partial charge in [-0.15, -0.1) is 0 Å². The first kappa shape index (κ1) is 14.4. The van der Waals surface area contributed by atoms with Crippen LogP contribution in [0.25, 0.3) is 0 Å². The highest BCUT2D eigenvalue weighted by atomic mass is 79.9. The van der Waals surface area contributed by atoms with E-state index in [2.05, 4.69) is 26.2 Å². The van der Waals surface area contributed by atoms with E-state index >= 15 is 0 Å². The lowest BCUT2D eigenvalue weighted by Gasteiger charge is -2.12. The molecule has 2 aromatic rings. The summed E-state index contributed by atoms with van der Waals surface area (Å²) < 4.78 is 18.9. The number of aromatic nitrogens is 1. The van der Waals surface area contributed by atoms with Gasteiger partial charge in [-0.3, -0.25) is 10.1 Å². The Hall–Kier alpha value is -1.96. The van der Waals surface area contributed by atoms with Gasteiger partial charge in [0.15, 0.2) is 0 Å². The summed E-state index contributed by atoms with van der Waals surface area (Å²) in [6, 6.07) is 1.75. The first-order chi connectivity index (χ1) is 9.38. The number of rotatable bonds is 4. The number of nitro benzene ring substituents is 1. The lowest BCUT2D eigenvalue weighted by Crippen LogP contribution is -2.09. The number of nitrogens with zero attached hydrogens (tertiary/aromatic N) is 2. The van der Waals surface area contributed by atoms with E-state index in [0.717, 1.165) is 12.1 Å². The van der Waals surface area contributed by atoms with Gasteiger partial charge in [0, 0.05) is 12.1 Å². The quantitative estimate of drug-likeness (QED) is 0.671. The number of hydrogen-bond acceptors (Lipinski definition) is 5. The minimum absolute atomic E-state index is 0.0365. The first-order valence-corrected chi connectivity index (χ1v) is 6.50. The van der Waals surface area contributed by atoms with E-state index < -0.39 is 16.8 Å². The molecule has 20 heavy (non-hydrogen) atoms. The van der Waals surface area contributed by atoms with Crippen LogP contribution in [0, 0.1) is 22.9 Å². The van der Waals surface area contributed by atoms with Crippen LogP contribution in [0.3, 0.4) is 0 Å². The third-order valence-electron chi connectivity index (χ3n) is 2.62. The molecule has 0 spiro atoms. The third kappa shape index (κ3) is 2.96. The maximum Gasteiger partial charge on any atom is 0.293 e. The largest absolute Gasteiger partial charge is 0.444 e. The van der Waals surface area contributed by atoms with Crippen molar-refractivity contribution in [1.29, 1.82) is 0 Å². The third-order valence-corrected chi connectivity index (χ3v) is 3.22. The van der Waals surface area contributed by atoms with Gasteiger partial charge < -0.3 is 9.73 Å². The minimum atomic E-state index is -0.589. The number of nitrogens with one attached hydrogen (secondary N) is 1. The Labute approximate surface area is 122 Å². The molecule has 0 amide bonds. The molecule has 0 bridgehead atoms. The number of hydrogen-bond donors (Lipinski definition) is 1. The number of aryl methyl sites for hydroxylation is 1. The topological polar surface area (TPSA) is 81.2 Å². The van der Waals surface area contributed by atoms with Crippen LogP contribution in [0.5, 0.6) is 0 Å². The maximum absolute atomic E-state index is 13.5. The van der Waals surface area contributed by atoms with Crippen LogP contribution in [0.1, 0.15) is 24.6 Å². The van der Waals surface area contributed by atoms with E-state index in [1.165, 1.54) is 0 Å². The first-order valence-electron chi connectivity index (χ1n) is 5.70. The summed E-state index contributed by atoms with van der Waals surface area (Å²) in [6.07, 6.45) is 1.55. The second-order valence-electron chi connectivity index (χ2n) is 4.22. The molecule has 2 rings (SSSR count). The average molecular weight is 344 g/mol. The van der Waals surface area contributed by atoms with Gasteiger partial charge >= 0.3 is 0 Å². The molecule has 1 heterocycles. The Morgan fingerprint density at radius 3 is 2.80 bits per heavy atom. The van der Waals surface area contributed by atoms with Gasteiger partial charge in [-0.05, 0) is 29.8 Å². The van der Waals surface area contributed by atoms with E-state index in [1.54, 1.807) is 20.0 Å². The molecule has 8 heteroatoms. The molecule has 1 unspecified atom stereocenters. The van der Waals surface area contributed by atoms with E-state index in [0.29, 0.717) is 11.7 Å². The lowest BCUT2D eigenvalue weighted by atomic mass is 10.2. The number of anilines is 1. The fourth-order valence-corrected chi connectivity index (χ4v) is 2.00. The molecule has 0 aliphatic rings. The van der Waals surface area contributed by atoms with Crippen LogP contribution in [-0.2, 0) is 0 Å². The molecular weight excluding hydrogens is 333 g/mol. The predicted molar refractivity (Wildman–Crippen MR) is 74.0 cm³/mol. The zero-order valence-electron chi connectivity index (χ0n) is 10.7. The van der Waals surface area contributed by atoms with Crippen molar-refractivity contribution < 1.29 is 13.7 Å². The number of halogens is 2. The number of benzene rings is 1. The fourth-order valence-electron chi connectivity index (χ4n) is 1.67. The van der Waals surface area contributed by atoms with Crippen molar-refractivity contribution in [3.8, 4) is 0 Å². The van der Waals surface area contributed by atoms with Gasteiger partial charge in [-0.1, -0.05) is 0 Å². The Morgan fingerprint density at radius 1 is 1.55 bits per heavy atom. The van der Waals surface area contributed by atoms with Crippen LogP contribution in [0.4, 0.5) is 15.8 Å². The summed E-state index contributed by atoms with van der Waals surface area (Å²) in [5.41, 5.74) is -0.160. The van der Waals surface area contributed by atoms with Crippen LogP contribution >= 0.6 is 15.9 Å². The summed E-state index contributed by atoms with van der Waals surface area (Å²) in [5.74, 6) is 0.416. The minimum Gasteiger partial charge on any atom is -0.444 e. The second kappa shape index (κ2) is 5.58. The van der Waals surface area contributed by atoms with Gasteiger partial charge in [-0.25, -0.2) is 9.37 Å². The summed E-state index contributed by atoms with van der Waals surface area (Å²) in [7, 11) is 0. The van der Waals surface area contributed by atoms with Crippen molar-refractivity contribution in [2.45, 2.75) is 19.9 Å². The van der Waals surface area contributed by atoms with Crippen LogP contribution in [-0.4, -0.2) is 9.91 Å². The smallest absolute Gasteiger partial charge is 0.293 e. The molecule has 1 aromatic heterocycles. The molecule has 0 radical (unpaired) electrons. The SMILES string of the molecule is Cc1cnc(C(C)Nc2cc(F)c(Br)cc2[N+](=O)[O-])o1. The molecule has 0 aliphatic heterocycles. The molecular formula is C12H11BrFN3O3. The van der Waals surface area contributed by atoms with Crippen molar-refractivity contribution in [2.75, 3.05) is 5.32 Å². The summed E-state index contributed by atoms with van der Waals surface area (Å²) in [4.78, 5) is 14.4. The zero-order valence-corrected chi connectivity index (χ0v) is 12.3. The van der Waals surface area contributed by atoms with Crippen LogP contribution in [0.2, 0.25) is 0 Å². The normalized spacial score (nSPS) is 12.2. The monoisotopic (exact) mass is 343 g/mol. The highest BCUT2D eigenvalue weighted by Crippen LogP contribution is 2.32.